The summed E-state index contributed by atoms with van der Waals surface area (Å²) in [4.78, 5) is 28.1. The van der Waals surface area contributed by atoms with Crippen LogP contribution in [-0.2, 0) is 13.0 Å². The van der Waals surface area contributed by atoms with Gasteiger partial charge in [0.1, 0.15) is 11.4 Å². The highest BCUT2D eigenvalue weighted by atomic mass is 19.1. The van der Waals surface area contributed by atoms with Crippen LogP contribution in [0.1, 0.15) is 40.4 Å². The zero-order valence-corrected chi connectivity index (χ0v) is 16.6. The third kappa shape index (κ3) is 3.60. The van der Waals surface area contributed by atoms with Crippen molar-refractivity contribution in [3.05, 3.63) is 99.2 Å². The predicted octanol–water partition coefficient (Wildman–Crippen LogP) is 4.33. The Hall–Kier alpha value is -3.21. The number of halogens is 1. The molecule has 0 spiro atoms. The lowest BCUT2D eigenvalue weighted by atomic mass is 9.95. The number of carbonyl (C=O) groups excluding carboxylic acids is 1. The van der Waals surface area contributed by atoms with Crippen molar-refractivity contribution in [2.75, 3.05) is 4.90 Å². The van der Waals surface area contributed by atoms with Crippen LogP contribution in [0.2, 0.25) is 0 Å². The number of hydrogen-bond donors (Lipinski definition) is 0. The Labute approximate surface area is 169 Å². The smallest absolute Gasteiger partial charge is 0.264 e. The van der Waals surface area contributed by atoms with Gasteiger partial charge in [-0.15, -0.1) is 0 Å². The molecule has 3 aromatic rings. The van der Waals surface area contributed by atoms with Crippen LogP contribution in [0.15, 0.2) is 65.6 Å². The minimum atomic E-state index is -0.339. The number of pyridine rings is 1. The topological polar surface area (TPSA) is 42.3 Å². The van der Waals surface area contributed by atoms with E-state index in [0.717, 1.165) is 23.1 Å². The van der Waals surface area contributed by atoms with Crippen molar-refractivity contribution in [1.82, 2.24) is 4.57 Å². The number of nitrogens with zero attached hydrogens (tertiary/aromatic N) is 2. The van der Waals surface area contributed by atoms with Crippen LogP contribution in [0.5, 0.6) is 0 Å². The first kappa shape index (κ1) is 19.1. The normalized spacial score (nSPS) is 15.8. The second-order valence-corrected chi connectivity index (χ2v) is 7.62. The zero-order valence-electron chi connectivity index (χ0n) is 16.6. The molecule has 0 N–H and O–H groups in total. The van der Waals surface area contributed by atoms with Crippen molar-refractivity contribution in [1.29, 1.82) is 0 Å². The molecule has 1 amide bonds. The molecule has 5 heteroatoms. The number of rotatable bonds is 3. The molecule has 0 saturated carbocycles. The van der Waals surface area contributed by atoms with E-state index < -0.39 is 0 Å². The molecule has 0 saturated heterocycles. The fourth-order valence-corrected chi connectivity index (χ4v) is 3.95. The van der Waals surface area contributed by atoms with Crippen molar-refractivity contribution in [2.24, 2.45) is 0 Å². The molecule has 1 aliphatic rings. The van der Waals surface area contributed by atoms with Gasteiger partial charge in [-0.05, 0) is 73.7 Å². The Kier molecular flexibility index (Phi) is 5.05. The minimum absolute atomic E-state index is 0.0649. The molecule has 148 valence electrons. The molecular weight excluding hydrogens is 367 g/mol. The van der Waals surface area contributed by atoms with E-state index in [-0.39, 0.29) is 28.9 Å². The molecule has 2 heterocycles. The number of fused-ring (bicyclic) bond motifs is 1. The van der Waals surface area contributed by atoms with Gasteiger partial charge in [-0.2, -0.15) is 0 Å². The standard InChI is InChI=1S/C24H23FN2O2/c1-16-6-3-4-7-19(16)15-26-13-5-8-21(23(26)28)24(29)27-17(2)9-10-18-14-20(25)11-12-22(18)27/h3-8,11-14,17H,9-10,15H2,1-2H3/t17-/m1/s1. The van der Waals surface area contributed by atoms with E-state index in [1.54, 1.807) is 33.9 Å². The van der Waals surface area contributed by atoms with Gasteiger partial charge in [0.15, 0.2) is 0 Å². The number of benzene rings is 2. The summed E-state index contributed by atoms with van der Waals surface area (Å²) >= 11 is 0. The van der Waals surface area contributed by atoms with Crippen molar-refractivity contribution in [3.63, 3.8) is 0 Å². The fourth-order valence-electron chi connectivity index (χ4n) is 3.95. The molecule has 0 aliphatic carbocycles. The van der Waals surface area contributed by atoms with E-state index in [9.17, 15) is 14.0 Å². The lowest BCUT2D eigenvalue weighted by Crippen LogP contribution is -2.44. The summed E-state index contributed by atoms with van der Waals surface area (Å²) < 4.78 is 15.2. The minimum Gasteiger partial charge on any atom is -0.310 e. The first-order valence-corrected chi connectivity index (χ1v) is 9.81. The molecule has 1 atom stereocenters. The number of anilines is 1. The van der Waals surface area contributed by atoms with Gasteiger partial charge in [-0.25, -0.2) is 4.39 Å². The van der Waals surface area contributed by atoms with Crippen molar-refractivity contribution in [3.8, 4) is 0 Å². The molecule has 1 aliphatic heterocycles. The maximum Gasteiger partial charge on any atom is 0.264 e. The summed E-state index contributed by atoms with van der Waals surface area (Å²) in [5.74, 6) is -0.653. The number of amides is 1. The van der Waals surface area contributed by atoms with Crippen LogP contribution in [0.3, 0.4) is 0 Å². The maximum atomic E-state index is 13.6. The van der Waals surface area contributed by atoms with Crippen molar-refractivity contribution in [2.45, 2.75) is 39.3 Å². The van der Waals surface area contributed by atoms with Crippen LogP contribution in [-0.4, -0.2) is 16.5 Å². The Morgan fingerprint density at radius 1 is 1.14 bits per heavy atom. The molecule has 0 fully saturated rings. The summed E-state index contributed by atoms with van der Waals surface area (Å²) in [5, 5.41) is 0. The molecule has 4 rings (SSSR count). The Bertz CT molecular complexity index is 1140. The third-order valence-corrected chi connectivity index (χ3v) is 5.64. The molecule has 0 bridgehead atoms. The summed E-state index contributed by atoms with van der Waals surface area (Å²) in [6.07, 6.45) is 3.14. The molecule has 1 aromatic heterocycles. The number of carbonyl (C=O) groups is 1. The van der Waals surface area contributed by atoms with E-state index >= 15 is 0 Å². The molecular formula is C24H23FN2O2. The molecule has 0 unspecified atom stereocenters. The quantitative estimate of drug-likeness (QED) is 0.668. The number of aromatic nitrogens is 1. The van der Waals surface area contributed by atoms with Crippen LogP contribution in [0, 0.1) is 12.7 Å². The van der Waals surface area contributed by atoms with Crippen LogP contribution in [0.4, 0.5) is 10.1 Å². The van der Waals surface area contributed by atoms with Gasteiger partial charge < -0.3 is 9.47 Å². The number of hydrogen-bond acceptors (Lipinski definition) is 2. The Morgan fingerprint density at radius 3 is 2.72 bits per heavy atom. The van der Waals surface area contributed by atoms with Crippen LogP contribution < -0.4 is 10.5 Å². The Balaban J connectivity index is 1.72. The lowest BCUT2D eigenvalue weighted by molar-refractivity contribution is 0.0973. The predicted molar refractivity (Wildman–Crippen MR) is 112 cm³/mol. The van der Waals surface area contributed by atoms with E-state index in [0.29, 0.717) is 18.7 Å². The van der Waals surface area contributed by atoms with Gasteiger partial charge in [0.2, 0.25) is 0 Å². The first-order chi connectivity index (χ1) is 14.0. The second-order valence-electron chi connectivity index (χ2n) is 7.62. The van der Waals surface area contributed by atoms with Crippen LogP contribution in [0.25, 0.3) is 0 Å². The maximum absolute atomic E-state index is 13.6. The van der Waals surface area contributed by atoms with Gasteiger partial charge in [0, 0.05) is 17.9 Å². The first-order valence-electron chi connectivity index (χ1n) is 9.81. The van der Waals surface area contributed by atoms with Gasteiger partial charge in [-0.1, -0.05) is 24.3 Å². The third-order valence-electron chi connectivity index (χ3n) is 5.64. The van der Waals surface area contributed by atoms with E-state index in [2.05, 4.69) is 0 Å². The van der Waals surface area contributed by atoms with Gasteiger partial charge in [0.25, 0.3) is 11.5 Å². The number of aryl methyl sites for hydroxylation is 2. The van der Waals surface area contributed by atoms with E-state index in [1.807, 2.05) is 38.1 Å². The average molecular weight is 390 g/mol. The van der Waals surface area contributed by atoms with E-state index in [4.69, 9.17) is 0 Å². The fraction of sp³-hybridized carbons (Fsp3) is 0.250. The average Bonchev–Trinajstić information content (AvgIpc) is 2.71. The van der Waals surface area contributed by atoms with Gasteiger partial charge in [0.05, 0.1) is 6.54 Å². The molecule has 0 radical (unpaired) electrons. The Morgan fingerprint density at radius 2 is 1.93 bits per heavy atom. The zero-order chi connectivity index (χ0) is 20.5. The molecule has 29 heavy (non-hydrogen) atoms. The highest BCUT2D eigenvalue weighted by Gasteiger charge is 2.30. The van der Waals surface area contributed by atoms with Crippen molar-refractivity contribution < 1.29 is 9.18 Å². The summed E-state index contributed by atoms with van der Waals surface area (Å²) in [6.45, 7) is 4.36. The summed E-state index contributed by atoms with van der Waals surface area (Å²) in [5.41, 5.74) is 3.42. The van der Waals surface area contributed by atoms with Crippen molar-refractivity contribution >= 4 is 11.6 Å². The highest BCUT2D eigenvalue weighted by molar-refractivity contribution is 6.06. The SMILES string of the molecule is Cc1ccccc1Cn1cccc(C(=O)N2c3ccc(F)cc3CC[C@H]2C)c1=O. The second kappa shape index (κ2) is 7.66. The monoisotopic (exact) mass is 390 g/mol. The molecule has 2 aromatic carbocycles. The molecule has 4 nitrogen and oxygen atoms in total. The summed E-state index contributed by atoms with van der Waals surface area (Å²) in [7, 11) is 0. The highest BCUT2D eigenvalue weighted by Crippen LogP contribution is 2.32. The largest absolute Gasteiger partial charge is 0.310 e. The van der Waals surface area contributed by atoms with E-state index in [1.165, 1.54) is 12.1 Å². The lowest BCUT2D eigenvalue weighted by Gasteiger charge is -2.35. The van der Waals surface area contributed by atoms with Gasteiger partial charge in [-0.3, -0.25) is 9.59 Å². The summed E-state index contributed by atoms with van der Waals surface area (Å²) in [6, 6.07) is 15.6. The van der Waals surface area contributed by atoms with Crippen LogP contribution >= 0.6 is 0 Å². The van der Waals surface area contributed by atoms with Gasteiger partial charge >= 0.3 is 0 Å².